The van der Waals surface area contributed by atoms with Crippen LogP contribution < -0.4 is 5.73 Å². The number of likely N-dealkylation sites (N-methyl/N-ethyl adjacent to an activating group) is 1. The first-order chi connectivity index (χ1) is 8.91. The Bertz CT molecular complexity index is 267. The minimum absolute atomic E-state index is 0.182. The van der Waals surface area contributed by atoms with Gasteiger partial charge in [-0.05, 0) is 44.1 Å². The van der Waals surface area contributed by atoms with E-state index in [2.05, 4.69) is 39.5 Å². The fourth-order valence-corrected chi connectivity index (χ4v) is 3.84. The van der Waals surface area contributed by atoms with Gasteiger partial charge in [0.1, 0.15) is 0 Å². The van der Waals surface area contributed by atoms with E-state index in [1.165, 1.54) is 19.3 Å². The van der Waals surface area contributed by atoms with Crippen LogP contribution in [0.4, 0.5) is 0 Å². The third-order valence-electron chi connectivity index (χ3n) is 5.09. The van der Waals surface area contributed by atoms with Gasteiger partial charge in [-0.2, -0.15) is 0 Å². The molecule has 0 saturated heterocycles. The Hall–Kier alpha value is -0.120. The Labute approximate surface area is 119 Å². The van der Waals surface area contributed by atoms with Gasteiger partial charge >= 0.3 is 0 Å². The summed E-state index contributed by atoms with van der Waals surface area (Å²) in [6.07, 6.45) is 3.77. The zero-order chi connectivity index (χ0) is 14.5. The SMILES string of the molecule is CCOCCN(CC)C1(CN)CCC(C)(C)CC1C. The summed E-state index contributed by atoms with van der Waals surface area (Å²) in [5, 5.41) is 0. The number of nitrogens with two attached hydrogens (primary N) is 1. The van der Waals surface area contributed by atoms with Crippen LogP contribution in [0.3, 0.4) is 0 Å². The maximum absolute atomic E-state index is 6.22. The van der Waals surface area contributed by atoms with Crippen LogP contribution >= 0.6 is 0 Å². The second-order valence-electron chi connectivity index (χ2n) is 6.85. The molecule has 1 fully saturated rings. The summed E-state index contributed by atoms with van der Waals surface area (Å²) in [7, 11) is 0. The van der Waals surface area contributed by atoms with E-state index < -0.39 is 0 Å². The standard InChI is InChI=1S/C16H34N2O/c1-6-18(10-11-19-7-2)16(13-17)9-8-15(4,5)12-14(16)3/h14H,6-13,17H2,1-5H3. The van der Waals surface area contributed by atoms with Crippen molar-refractivity contribution >= 4 is 0 Å². The molecular formula is C16H34N2O. The topological polar surface area (TPSA) is 38.5 Å². The van der Waals surface area contributed by atoms with Crippen LogP contribution in [-0.2, 0) is 4.74 Å². The molecular weight excluding hydrogens is 236 g/mol. The lowest BCUT2D eigenvalue weighted by molar-refractivity contribution is -0.0321. The van der Waals surface area contributed by atoms with E-state index in [9.17, 15) is 0 Å². The molecule has 19 heavy (non-hydrogen) atoms. The summed E-state index contributed by atoms with van der Waals surface area (Å²) < 4.78 is 5.54. The molecule has 3 nitrogen and oxygen atoms in total. The van der Waals surface area contributed by atoms with Gasteiger partial charge in [-0.15, -0.1) is 0 Å². The van der Waals surface area contributed by atoms with E-state index >= 15 is 0 Å². The first kappa shape index (κ1) is 16.9. The lowest BCUT2D eigenvalue weighted by Gasteiger charge is -2.53. The molecule has 2 unspecified atom stereocenters. The minimum Gasteiger partial charge on any atom is -0.380 e. The predicted molar refractivity (Wildman–Crippen MR) is 82.3 cm³/mol. The second-order valence-corrected chi connectivity index (χ2v) is 6.85. The lowest BCUT2D eigenvalue weighted by Crippen LogP contribution is -2.61. The van der Waals surface area contributed by atoms with Crippen molar-refractivity contribution < 1.29 is 4.74 Å². The van der Waals surface area contributed by atoms with Crippen LogP contribution in [0.1, 0.15) is 53.9 Å². The first-order valence-corrected chi connectivity index (χ1v) is 7.94. The average molecular weight is 270 g/mol. The van der Waals surface area contributed by atoms with Gasteiger partial charge in [-0.1, -0.05) is 27.7 Å². The highest BCUT2D eigenvalue weighted by Crippen LogP contribution is 2.46. The highest BCUT2D eigenvalue weighted by atomic mass is 16.5. The van der Waals surface area contributed by atoms with E-state index in [0.29, 0.717) is 11.3 Å². The van der Waals surface area contributed by atoms with Crippen molar-refractivity contribution in [2.75, 3.05) is 32.8 Å². The molecule has 2 N–H and O–H groups in total. The summed E-state index contributed by atoms with van der Waals surface area (Å²) in [5.74, 6) is 0.655. The average Bonchev–Trinajstić information content (AvgIpc) is 2.36. The fraction of sp³-hybridized carbons (Fsp3) is 1.00. The Morgan fingerprint density at radius 1 is 1.26 bits per heavy atom. The number of ether oxygens (including phenoxy) is 1. The molecule has 0 aliphatic heterocycles. The van der Waals surface area contributed by atoms with Gasteiger partial charge in [-0.3, -0.25) is 4.90 Å². The molecule has 0 bridgehead atoms. The van der Waals surface area contributed by atoms with Gasteiger partial charge in [0.15, 0.2) is 0 Å². The van der Waals surface area contributed by atoms with E-state index in [4.69, 9.17) is 10.5 Å². The molecule has 2 atom stereocenters. The van der Waals surface area contributed by atoms with E-state index in [0.717, 1.165) is 32.8 Å². The van der Waals surface area contributed by atoms with Crippen molar-refractivity contribution in [3.63, 3.8) is 0 Å². The Morgan fingerprint density at radius 3 is 2.42 bits per heavy atom. The molecule has 0 aromatic rings. The number of nitrogens with zero attached hydrogens (tertiary/aromatic N) is 1. The smallest absolute Gasteiger partial charge is 0.0593 e. The van der Waals surface area contributed by atoms with E-state index in [-0.39, 0.29) is 5.54 Å². The highest BCUT2D eigenvalue weighted by molar-refractivity contribution is 5.01. The summed E-state index contributed by atoms with van der Waals surface area (Å²) in [6.45, 7) is 15.9. The summed E-state index contributed by atoms with van der Waals surface area (Å²) >= 11 is 0. The lowest BCUT2D eigenvalue weighted by atomic mass is 9.63. The molecule has 0 amide bonds. The quantitative estimate of drug-likeness (QED) is 0.723. The van der Waals surface area contributed by atoms with Gasteiger partial charge in [0.05, 0.1) is 6.61 Å². The minimum atomic E-state index is 0.182. The normalized spacial score (nSPS) is 30.8. The molecule has 1 aliphatic rings. The number of hydrogen-bond acceptors (Lipinski definition) is 3. The van der Waals surface area contributed by atoms with Crippen LogP contribution in [0.15, 0.2) is 0 Å². The maximum Gasteiger partial charge on any atom is 0.0593 e. The fourth-order valence-electron chi connectivity index (χ4n) is 3.84. The van der Waals surface area contributed by atoms with Crippen LogP contribution in [0.25, 0.3) is 0 Å². The van der Waals surface area contributed by atoms with Crippen molar-refractivity contribution in [2.45, 2.75) is 59.4 Å². The van der Waals surface area contributed by atoms with Crippen LogP contribution in [0.5, 0.6) is 0 Å². The van der Waals surface area contributed by atoms with Crippen molar-refractivity contribution in [1.29, 1.82) is 0 Å². The van der Waals surface area contributed by atoms with Gasteiger partial charge in [0, 0.05) is 25.2 Å². The maximum atomic E-state index is 6.22. The monoisotopic (exact) mass is 270 g/mol. The number of rotatable bonds is 7. The molecule has 0 radical (unpaired) electrons. The van der Waals surface area contributed by atoms with E-state index in [1.54, 1.807) is 0 Å². The molecule has 1 saturated carbocycles. The first-order valence-electron chi connectivity index (χ1n) is 7.94. The Morgan fingerprint density at radius 2 is 1.95 bits per heavy atom. The Balaban J connectivity index is 2.77. The predicted octanol–water partition coefficient (Wildman–Crippen LogP) is 2.89. The van der Waals surface area contributed by atoms with Crippen molar-refractivity contribution in [3.8, 4) is 0 Å². The molecule has 0 aromatic heterocycles. The molecule has 114 valence electrons. The van der Waals surface area contributed by atoms with Crippen LogP contribution in [0, 0.1) is 11.3 Å². The molecule has 1 aliphatic carbocycles. The molecule has 0 heterocycles. The third-order valence-corrected chi connectivity index (χ3v) is 5.09. The summed E-state index contributed by atoms with van der Waals surface area (Å²) in [4.78, 5) is 2.57. The third kappa shape index (κ3) is 3.93. The van der Waals surface area contributed by atoms with Crippen LogP contribution in [-0.4, -0.2) is 43.3 Å². The molecule has 1 rings (SSSR count). The van der Waals surface area contributed by atoms with Gasteiger partial charge in [-0.25, -0.2) is 0 Å². The van der Waals surface area contributed by atoms with Crippen LogP contribution in [0.2, 0.25) is 0 Å². The zero-order valence-corrected chi connectivity index (χ0v) is 13.7. The van der Waals surface area contributed by atoms with Gasteiger partial charge in [0.25, 0.3) is 0 Å². The molecule has 0 spiro atoms. The van der Waals surface area contributed by atoms with E-state index in [1.807, 2.05) is 0 Å². The summed E-state index contributed by atoms with van der Waals surface area (Å²) in [5.41, 5.74) is 6.87. The van der Waals surface area contributed by atoms with Gasteiger partial charge in [0.2, 0.25) is 0 Å². The Kier molecular flexibility index (Phi) is 6.28. The summed E-state index contributed by atoms with van der Waals surface area (Å²) in [6, 6.07) is 0. The zero-order valence-electron chi connectivity index (χ0n) is 13.7. The number of hydrogen-bond donors (Lipinski definition) is 1. The van der Waals surface area contributed by atoms with Gasteiger partial charge < -0.3 is 10.5 Å². The van der Waals surface area contributed by atoms with Crippen molar-refractivity contribution in [1.82, 2.24) is 4.90 Å². The molecule has 3 heteroatoms. The highest BCUT2D eigenvalue weighted by Gasteiger charge is 2.45. The second kappa shape index (κ2) is 7.05. The largest absolute Gasteiger partial charge is 0.380 e. The van der Waals surface area contributed by atoms with Crippen molar-refractivity contribution in [3.05, 3.63) is 0 Å². The molecule has 0 aromatic carbocycles. The van der Waals surface area contributed by atoms with Crippen molar-refractivity contribution in [2.24, 2.45) is 17.1 Å².